The van der Waals surface area contributed by atoms with E-state index in [1.165, 1.54) is 250 Å². The van der Waals surface area contributed by atoms with Gasteiger partial charge in [0.25, 0.3) is 0 Å². The summed E-state index contributed by atoms with van der Waals surface area (Å²) >= 11 is 0. The van der Waals surface area contributed by atoms with Gasteiger partial charge in [-0.25, -0.2) is 9.13 Å². The van der Waals surface area contributed by atoms with Crippen LogP contribution >= 0.6 is 15.6 Å². The molecule has 0 aromatic rings. The lowest BCUT2D eigenvalue weighted by Gasteiger charge is -2.21. The molecular weight excluding hydrogens is 1290 g/mol. The van der Waals surface area contributed by atoms with Crippen LogP contribution in [0.25, 0.3) is 0 Å². The van der Waals surface area contributed by atoms with Crippen LogP contribution in [0.4, 0.5) is 0 Å². The van der Waals surface area contributed by atoms with Crippen LogP contribution in [-0.4, -0.2) is 96.7 Å². The highest BCUT2D eigenvalue weighted by Gasteiger charge is 2.30. The Morgan fingerprint density at radius 3 is 0.687 bits per heavy atom. The van der Waals surface area contributed by atoms with Gasteiger partial charge in [0.1, 0.15) is 19.3 Å². The number of carbonyl (C=O) groups is 4. The van der Waals surface area contributed by atoms with Crippen LogP contribution in [0.1, 0.15) is 426 Å². The molecule has 0 radical (unpaired) electrons. The number of ether oxygens (including phenoxy) is 4. The third kappa shape index (κ3) is 74.1. The molecule has 0 saturated carbocycles. The van der Waals surface area contributed by atoms with Gasteiger partial charge in [-0.15, -0.1) is 0 Å². The number of hydrogen-bond acceptors (Lipinski definition) is 15. The second-order valence-corrected chi connectivity index (χ2v) is 32.2. The Hall–Kier alpha value is -1.94. The topological polar surface area (TPSA) is 237 Å². The smallest absolute Gasteiger partial charge is 0.462 e. The first-order valence-corrected chi connectivity index (χ1v) is 44.6. The zero-order chi connectivity index (χ0) is 72.7. The number of rotatable bonds is 80. The van der Waals surface area contributed by atoms with Gasteiger partial charge in [0.05, 0.1) is 26.4 Å². The van der Waals surface area contributed by atoms with Crippen molar-refractivity contribution >= 4 is 39.5 Å². The molecule has 19 heteroatoms. The number of hydrogen-bond donors (Lipinski definition) is 3. The van der Waals surface area contributed by atoms with Gasteiger partial charge >= 0.3 is 39.5 Å². The van der Waals surface area contributed by atoms with Crippen LogP contribution in [0.3, 0.4) is 0 Å². The molecule has 3 N–H and O–H groups in total. The lowest BCUT2D eigenvalue weighted by atomic mass is 10.0. The van der Waals surface area contributed by atoms with Crippen molar-refractivity contribution < 1.29 is 80.2 Å². The molecule has 0 bridgehead atoms. The van der Waals surface area contributed by atoms with Crippen LogP contribution in [0, 0.1) is 5.92 Å². The molecule has 0 aliphatic rings. The van der Waals surface area contributed by atoms with Crippen molar-refractivity contribution in [3.8, 4) is 0 Å². The molecule has 0 fully saturated rings. The van der Waals surface area contributed by atoms with E-state index in [-0.39, 0.29) is 25.7 Å². The maximum absolute atomic E-state index is 13.1. The van der Waals surface area contributed by atoms with E-state index in [0.717, 1.165) is 95.8 Å². The Morgan fingerprint density at radius 1 is 0.273 bits per heavy atom. The number of unbranched alkanes of at least 4 members (excludes halogenated alkanes) is 52. The zero-order valence-corrected chi connectivity index (χ0v) is 66.4. The maximum atomic E-state index is 13.1. The van der Waals surface area contributed by atoms with Crippen LogP contribution in [0.2, 0.25) is 0 Å². The summed E-state index contributed by atoms with van der Waals surface area (Å²) in [6.07, 6.45) is 63.7. The molecule has 0 saturated heterocycles. The molecule has 17 nitrogen and oxygen atoms in total. The number of aliphatic hydroxyl groups excluding tert-OH is 1. The van der Waals surface area contributed by atoms with Gasteiger partial charge < -0.3 is 33.8 Å². The van der Waals surface area contributed by atoms with Gasteiger partial charge in [0, 0.05) is 25.7 Å². The summed E-state index contributed by atoms with van der Waals surface area (Å²) in [6, 6.07) is 0. The predicted octanol–water partition coefficient (Wildman–Crippen LogP) is 24.0. The van der Waals surface area contributed by atoms with Crippen LogP contribution in [0.15, 0.2) is 0 Å². The van der Waals surface area contributed by atoms with E-state index >= 15 is 0 Å². The normalized spacial score (nSPS) is 13.9. The lowest BCUT2D eigenvalue weighted by molar-refractivity contribution is -0.161. The minimum atomic E-state index is -4.96. The van der Waals surface area contributed by atoms with Crippen molar-refractivity contribution in [2.45, 2.75) is 445 Å². The van der Waals surface area contributed by atoms with Gasteiger partial charge in [0.15, 0.2) is 12.2 Å². The van der Waals surface area contributed by atoms with Crippen molar-refractivity contribution in [1.82, 2.24) is 0 Å². The number of carbonyl (C=O) groups excluding carboxylic acids is 4. The molecule has 5 atom stereocenters. The molecule has 0 aromatic carbocycles. The summed E-state index contributed by atoms with van der Waals surface area (Å²) in [5, 5.41) is 10.6. The number of aliphatic hydroxyl groups is 1. The van der Waals surface area contributed by atoms with E-state index in [1.807, 2.05) is 0 Å². The van der Waals surface area contributed by atoms with Crippen molar-refractivity contribution in [2.75, 3.05) is 39.6 Å². The fraction of sp³-hybridized carbons (Fsp3) is 0.950. The largest absolute Gasteiger partial charge is 0.472 e. The van der Waals surface area contributed by atoms with E-state index in [1.54, 1.807) is 0 Å². The minimum Gasteiger partial charge on any atom is -0.462 e. The molecule has 588 valence electrons. The van der Waals surface area contributed by atoms with Gasteiger partial charge in [-0.05, 0) is 31.6 Å². The molecule has 99 heavy (non-hydrogen) atoms. The molecule has 0 rings (SSSR count). The molecule has 0 aliphatic carbocycles. The van der Waals surface area contributed by atoms with E-state index in [4.69, 9.17) is 37.0 Å². The first-order chi connectivity index (χ1) is 48.0. The van der Waals surface area contributed by atoms with E-state index in [0.29, 0.717) is 25.7 Å². The second kappa shape index (κ2) is 73.0. The van der Waals surface area contributed by atoms with E-state index < -0.39 is 97.5 Å². The summed E-state index contributed by atoms with van der Waals surface area (Å²) in [6.45, 7) is 7.34. The van der Waals surface area contributed by atoms with Crippen molar-refractivity contribution in [3.05, 3.63) is 0 Å². The highest BCUT2D eigenvalue weighted by atomic mass is 31.2. The summed E-state index contributed by atoms with van der Waals surface area (Å²) in [5.41, 5.74) is 0. The molecule has 0 heterocycles. The third-order valence-electron chi connectivity index (χ3n) is 18.8. The number of phosphoric acid groups is 2. The lowest BCUT2D eigenvalue weighted by Crippen LogP contribution is -2.30. The molecule has 0 aromatic heterocycles. The number of esters is 4. The summed E-state index contributed by atoms with van der Waals surface area (Å²) in [5.74, 6) is -1.32. The Labute approximate surface area is 607 Å². The number of phosphoric ester groups is 2. The maximum Gasteiger partial charge on any atom is 0.472 e. The molecular formula is C80H156O17P2. The van der Waals surface area contributed by atoms with Crippen LogP contribution in [0.5, 0.6) is 0 Å². The summed E-state index contributed by atoms with van der Waals surface area (Å²) in [4.78, 5) is 73.0. The van der Waals surface area contributed by atoms with Gasteiger partial charge in [-0.2, -0.15) is 0 Å². The monoisotopic (exact) mass is 1450 g/mol. The molecule has 2 unspecified atom stereocenters. The Morgan fingerprint density at radius 2 is 0.465 bits per heavy atom. The molecule has 0 aliphatic heterocycles. The van der Waals surface area contributed by atoms with Gasteiger partial charge in [-0.3, -0.25) is 37.3 Å². The fourth-order valence-corrected chi connectivity index (χ4v) is 14.0. The highest BCUT2D eigenvalue weighted by molar-refractivity contribution is 7.47. The first kappa shape index (κ1) is 97.1. The zero-order valence-electron chi connectivity index (χ0n) is 64.6. The summed E-state index contributed by atoms with van der Waals surface area (Å²) in [7, 11) is -9.92. The quantitative estimate of drug-likeness (QED) is 0.0222. The van der Waals surface area contributed by atoms with Crippen molar-refractivity contribution in [3.63, 3.8) is 0 Å². The van der Waals surface area contributed by atoms with Gasteiger partial charge in [0.2, 0.25) is 0 Å². The van der Waals surface area contributed by atoms with Gasteiger partial charge in [-0.1, -0.05) is 375 Å². The van der Waals surface area contributed by atoms with E-state index in [9.17, 15) is 43.2 Å². The Balaban J connectivity index is 5.23. The highest BCUT2D eigenvalue weighted by Crippen LogP contribution is 2.45. The predicted molar refractivity (Wildman–Crippen MR) is 405 cm³/mol. The SMILES string of the molecule is CCCCCCCCCCCCCCCCCCCCCC(=O)O[C@H](COC(=O)CCCCCCCCCCCCCCCC(C)C)COP(=O)(O)OC[C@@H](O)COP(=O)(O)OC[C@@H](COC(=O)CCCCCCCCCCCC)OC(=O)CCCCCCCCCCCCCCCC. The Kier molecular flexibility index (Phi) is 71.6. The standard InChI is InChI=1S/C80H156O17P2/c1-6-9-12-15-18-21-24-26-28-29-30-31-32-36-41-46-51-56-61-66-80(85)97-76(70-91-78(83)64-59-54-49-44-39-37-33-34-38-42-47-52-57-62-73(4)5)72-95-99(88,89)93-68-74(81)67-92-98(86,87)94-71-75(69-90-77(82)63-58-53-48-43-23-20-17-14-11-8-3)96-79(84)65-60-55-50-45-40-35-27-25-22-19-16-13-10-7-2/h73-76,81H,6-72H2,1-5H3,(H,86,87)(H,88,89)/t74-,75+,76+/m0/s1. The Bertz CT molecular complexity index is 1890. The molecule has 0 amide bonds. The van der Waals surface area contributed by atoms with Crippen molar-refractivity contribution in [1.29, 1.82) is 0 Å². The second-order valence-electron chi connectivity index (χ2n) is 29.3. The first-order valence-electron chi connectivity index (χ1n) is 41.6. The van der Waals surface area contributed by atoms with Crippen LogP contribution < -0.4 is 0 Å². The summed E-state index contributed by atoms with van der Waals surface area (Å²) < 4.78 is 68.7. The average Bonchev–Trinajstić information content (AvgIpc) is 0.991. The fourth-order valence-electron chi connectivity index (χ4n) is 12.4. The third-order valence-corrected chi connectivity index (χ3v) is 20.7. The average molecular weight is 1450 g/mol. The molecule has 0 spiro atoms. The minimum absolute atomic E-state index is 0.108. The van der Waals surface area contributed by atoms with Crippen LogP contribution in [-0.2, 0) is 65.4 Å². The van der Waals surface area contributed by atoms with E-state index in [2.05, 4.69) is 34.6 Å². The van der Waals surface area contributed by atoms with Crippen molar-refractivity contribution in [2.24, 2.45) is 5.92 Å².